The maximum absolute atomic E-state index is 12.1. The number of rotatable bonds is 5. The number of aryl methyl sites for hydroxylation is 1. The predicted octanol–water partition coefficient (Wildman–Crippen LogP) is 3.03. The van der Waals surface area contributed by atoms with Gasteiger partial charge in [0, 0.05) is 31.2 Å². The fraction of sp³-hybridized carbons (Fsp3) is 0.444. The number of benzene rings is 1. The lowest BCUT2D eigenvalue weighted by molar-refractivity contribution is -0.120. The second kappa shape index (κ2) is 7.59. The molecule has 1 aromatic carbocycles. The summed E-state index contributed by atoms with van der Waals surface area (Å²) in [7, 11) is 0. The van der Waals surface area contributed by atoms with E-state index in [0.717, 1.165) is 36.8 Å². The highest BCUT2D eigenvalue weighted by Crippen LogP contribution is 2.24. The number of carbonyl (C=O) groups excluding carboxylic acids is 1. The van der Waals surface area contributed by atoms with Gasteiger partial charge in [-0.3, -0.25) is 4.79 Å². The molecule has 0 unspecified atom stereocenters. The van der Waals surface area contributed by atoms with Crippen LogP contribution in [0.4, 0.5) is 5.13 Å². The summed E-state index contributed by atoms with van der Waals surface area (Å²) < 4.78 is 0. The highest BCUT2D eigenvalue weighted by atomic mass is 32.1. The zero-order chi connectivity index (χ0) is 16.1. The van der Waals surface area contributed by atoms with Crippen LogP contribution in [0.25, 0.3) is 0 Å². The lowest BCUT2D eigenvalue weighted by Crippen LogP contribution is -2.41. The third-order valence-electron chi connectivity index (χ3n) is 4.24. The third-order valence-corrected chi connectivity index (χ3v) is 5.08. The average Bonchev–Trinajstić information content (AvgIpc) is 3.08. The molecule has 1 amide bonds. The molecule has 1 aliphatic rings. The predicted molar refractivity (Wildman–Crippen MR) is 94.9 cm³/mol. The van der Waals surface area contributed by atoms with Gasteiger partial charge in [-0.15, -0.1) is 11.3 Å². The second-order valence-electron chi connectivity index (χ2n) is 6.24. The van der Waals surface area contributed by atoms with Gasteiger partial charge in [-0.2, -0.15) is 0 Å². The van der Waals surface area contributed by atoms with Gasteiger partial charge in [-0.1, -0.05) is 29.8 Å². The Kier molecular flexibility index (Phi) is 5.28. The normalized spacial score (nSPS) is 18.0. The van der Waals surface area contributed by atoms with Gasteiger partial charge in [0.15, 0.2) is 5.13 Å². The van der Waals surface area contributed by atoms with Crippen molar-refractivity contribution in [3.8, 4) is 0 Å². The standard InChI is InChI=1S/C18H23N3OS/c1-14-4-2-5-15(10-14)11-17(22)20-12-16-6-3-8-21(13-16)18-19-7-9-23-18/h2,4-5,7,9-10,16H,3,6,8,11-13H2,1H3,(H,20,22)/t16-/m0/s1. The lowest BCUT2D eigenvalue weighted by atomic mass is 9.98. The minimum Gasteiger partial charge on any atom is -0.355 e. The van der Waals surface area contributed by atoms with Crippen LogP contribution in [-0.4, -0.2) is 30.5 Å². The minimum absolute atomic E-state index is 0.113. The first-order valence-electron chi connectivity index (χ1n) is 8.17. The van der Waals surface area contributed by atoms with Gasteiger partial charge in [0.1, 0.15) is 0 Å². The Morgan fingerprint density at radius 2 is 2.39 bits per heavy atom. The molecule has 1 fully saturated rings. The van der Waals surface area contributed by atoms with Gasteiger partial charge in [-0.05, 0) is 31.2 Å². The highest BCUT2D eigenvalue weighted by molar-refractivity contribution is 7.13. The molecule has 2 aromatic rings. The molecular formula is C18H23N3OS. The van der Waals surface area contributed by atoms with Crippen molar-refractivity contribution in [2.24, 2.45) is 5.92 Å². The van der Waals surface area contributed by atoms with Crippen LogP contribution in [0, 0.1) is 12.8 Å². The molecular weight excluding hydrogens is 306 g/mol. The zero-order valence-electron chi connectivity index (χ0n) is 13.5. The van der Waals surface area contributed by atoms with Crippen LogP contribution in [0.5, 0.6) is 0 Å². The van der Waals surface area contributed by atoms with E-state index < -0.39 is 0 Å². The molecule has 0 aliphatic carbocycles. The largest absolute Gasteiger partial charge is 0.355 e. The molecule has 0 bridgehead atoms. The molecule has 1 aromatic heterocycles. The van der Waals surface area contributed by atoms with Crippen LogP contribution in [0.1, 0.15) is 24.0 Å². The van der Waals surface area contributed by atoms with Crippen molar-refractivity contribution >= 4 is 22.4 Å². The smallest absolute Gasteiger partial charge is 0.224 e. The monoisotopic (exact) mass is 329 g/mol. The molecule has 2 heterocycles. The van der Waals surface area contributed by atoms with Crippen molar-refractivity contribution in [2.45, 2.75) is 26.2 Å². The molecule has 3 rings (SSSR count). The zero-order valence-corrected chi connectivity index (χ0v) is 14.3. The molecule has 1 N–H and O–H groups in total. The van der Waals surface area contributed by atoms with E-state index in [4.69, 9.17) is 0 Å². The quantitative estimate of drug-likeness (QED) is 0.917. The summed E-state index contributed by atoms with van der Waals surface area (Å²) in [6.07, 6.45) is 4.66. The lowest BCUT2D eigenvalue weighted by Gasteiger charge is -2.32. The van der Waals surface area contributed by atoms with Gasteiger partial charge in [0.05, 0.1) is 6.42 Å². The molecule has 4 nitrogen and oxygen atoms in total. The number of hydrogen-bond acceptors (Lipinski definition) is 4. The number of anilines is 1. The number of nitrogens with zero attached hydrogens (tertiary/aromatic N) is 2. The number of hydrogen-bond donors (Lipinski definition) is 1. The molecule has 0 radical (unpaired) electrons. The van der Waals surface area contributed by atoms with Crippen molar-refractivity contribution in [3.05, 3.63) is 47.0 Å². The van der Waals surface area contributed by atoms with Crippen LogP contribution in [0.3, 0.4) is 0 Å². The maximum atomic E-state index is 12.1. The first kappa shape index (κ1) is 16.0. The van der Waals surface area contributed by atoms with Crippen molar-refractivity contribution in [2.75, 3.05) is 24.5 Å². The number of thiazole rings is 1. The number of carbonyl (C=O) groups is 1. The van der Waals surface area contributed by atoms with Crippen LogP contribution in [0.15, 0.2) is 35.8 Å². The summed E-state index contributed by atoms with van der Waals surface area (Å²) in [5.41, 5.74) is 2.28. The summed E-state index contributed by atoms with van der Waals surface area (Å²) in [5, 5.41) is 6.22. The van der Waals surface area contributed by atoms with Gasteiger partial charge >= 0.3 is 0 Å². The summed E-state index contributed by atoms with van der Waals surface area (Å²) in [5.74, 6) is 0.621. The van der Waals surface area contributed by atoms with E-state index in [1.54, 1.807) is 11.3 Å². The van der Waals surface area contributed by atoms with E-state index in [2.05, 4.69) is 34.3 Å². The van der Waals surface area contributed by atoms with E-state index in [-0.39, 0.29) is 5.91 Å². The Balaban J connectivity index is 1.47. The van der Waals surface area contributed by atoms with E-state index >= 15 is 0 Å². The van der Waals surface area contributed by atoms with Crippen LogP contribution in [-0.2, 0) is 11.2 Å². The van der Waals surface area contributed by atoms with E-state index in [0.29, 0.717) is 12.3 Å². The highest BCUT2D eigenvalue weighted by Gasteiger charge is 2.21. The number of piperidine rings is 1. The van der Waals surface area contributed by atoms with Gasteiger partial charge in [-0.25, -0.2) is 4.98 Å². The van der Waals surface area contributed by atoms with E-state index in [9.17, 15) is 4.79 Å². The third kappa shape index (κ3) is 4.55. The molecule has 1 atom stereocenters. The SMILES string of the molecule is Cc1cccc(CC(=O)NC[C@@H]2CCCN(c3nccs3)C2)c1. The molecule has 0 saturated carbocycles. The Morgan fingerprint density at radius 3 is 3.17 bits per heavy atom. The van der Waals surface area contributed by atoms with Gasteiger partial charge in [0.2, 0.25) is 5.91 Å². The fourth-order valence-corrected chi connectivity index (χ4v) is 3.79. The summed E-state index contributed by atoms with van der Waals surface area (Å²) in [4.78, 5) is 18.9. The summed E-state index contributed by atoms with van der Waals surface area (Å²) in [6, 6.07) is 8.14. The minimum atomic E-state index is 0.113. The fourth-order valence-electron chi connectivity index (χ4n) is 3.11. The number of nitrogens with one attached hydrogen (secondary N) is 1. The number of amides is 1. The Labute approximate surface area is 141 Å². The van der Waals surface area contributed by atoms with Crippen LogP contribution >= 0.6 is 11.3 Å². The summed E-state index contributed by atoms with van der Waals surface area (Å²) in [6.45, 7) is 4.86. The van der Waals surface area contributed by atoms with Crippen molar-refractivity contribution in [1.29, 1.82) is 0 Å². The first-order valence-corrected chi connectivity index (χ1v) is 9.05. The van der Waals surface area contributed by atoms with Gasteiger partial charge in [0.25, 0.3) is 0 Å². The van der Waals surface area contributed by atoms with E-state index in [1.807, 2.05) is 23.7 Å². The first-order chi connectivity index (χ1) is 11.2. The van der Waals surface area contributed by atoms with E-state index in [1.165, 1.54) is 12.0 Å². The Hall–Kier alpha value is -1.88. The molecule has 1 aliphatic heterocycles. The van der Waals surface area contributed by atoms with Crippen molar-refractivity contribution < 1.29 is 4.79 Å². The molecule has 23 heavy (non-hydrogen) atoms. The van der Waals surface area contributed by atoms with Crippen LogP contribution in [0.2, 0.25) is 0 Å². The Morgan fingerprint density at radius 1 is 1.48 bits per heavy atom. The molecule has 5 heteroatoms. The molecule has 1 saturated heterocycles. The van der Waals surface area contributed by atoms with Gasteiger partial charge < -0.3 is 10.2 Å². The van der Waals surface area contributed by atoms with Crippen LogP contribution < -0.4 is 10.2 Å². The topological polar surface area (TPSA) is 45.2 Å². The Bertz CT molecular complexity index is 641. The van der Waals surface area contributed by atoms with Crippen molar-refractivity contribution in [3.63, 3.8) is 0 Å². The average molecular weight is 329 g/mol. The summed E-state index contributed by atoms with van der Waals surface area (Å²) >= 11 is 1.69. The molecule has 122 valence electrons. The second-order valence-corrected chi connectivity index (χ2v) is 7.11. The number of aromatic nitrogens is 1. The molecule has 0 spiro atoms. The van der Waals surface area contributed by atoms with Crippen molar-refractivity contribution in [1.82, 2.24) is 10.3 Å². The maximum Gasteiger partial charge on any atom is 0.224 e.